The summed E-state index contributed by atoms with van der Waals surface area (Å²) in [6.45, 7) is 6.34. The largest absolute Gasteiger partial charge is 0.496 e. The molecule has 0 unspecified atom stereocenters. The van der Waals surface area contributed by atoms with Crippen molar-refractivity contribution in [3.63, 3.8) is 0 Å². The molecule has 1 aliphatic carbocycles. The predicted octanol–water partition coefficient (Wildman–Crippen LogP) is 3.74. The predicted molar refractivity (Wildman–Crippen MR) is 82.6 cm³/mol. The average molecular weight is 270 g/mol. The smallest absolute Gasteiger partial charge is 0.122 e. The molecule has 2 aromatic carbocycles. The minimum Gasteiger partial charge on any atom is -0.496 e. The van der Waals surface area contributed by atoms with E-state index < -0.39 is 0 Å². The van der Waals surface area contributed by atoms with Crippen LogP contribution >= 0.6 is 0 Å². The Bertz CT molecular complexity index is 671. The van der Waals surface area contributed by atoms with Crippen molar-refractivity contribution in [3.8, 4) is 5.75 Å². The third-order valence-electron chi connectivity index (χ3n) is 4.84. The second-order valence-corrected chi connectivity index (χ2v) is 6.41. The fourth-order valence-electron chi connectivity index (χ4n) is 3.44. The van der Waals surface area contributed by atoms with Crippen molar-refractivity contribution >= 4 is 10.8 Å². The van der Waals surface area contributed by atoms with E-state index in [1.807, 2.05) is 0 Å². The molecule has 0 aliphatic heterocycles. The van der Waals surface area contributed by atoms with Gasteiger partial charge in [0.1, 0.15) is 5.75 Å². The Hall–Kier alpha value is -1.54. The highest BCUT2D eigenvalue weighted by Crippen LogP contribution is 2.41. The fourth-order valence-corrected chi connectivity index (χ4v) is 3.44. The van der Waals surface area contributed by atoms with Crippen molar-refractivity contribution in [2.45, 2.75) is 45.1 Å². The van der Waals surface area contributed by atoms with Crippen molar-refractivity contribution in [1.82, 2.24) is 0 Å². The standard InChI is InChI=1S/C18H22O2/c1-11-9-12-5-7-15-13(14(12)10-16(11)20-4)6-8-17(19)18(15,2)3/h5,7,9-10,17,19H,6,8H2,1-4H3/t17-/m1/s1. The van der Waals surface area contributed by atoms with Gasteiger partial charge in [0.25, 0.3) is 0 Å². The zero-order chi connectivity index (χ0) is 14.5. The minimum absolute atomic E-state index is 0.181. The molecule has 0 fully saturated rings. The SMILES string of the molecule is COc1cc2c3c(ccc2cc1C)C(C)(C)[C@H](O)CC3. The highest BCUT2D eigenvalue weighted by molar-refractivity contribution is 5.89. The summed E-state index contributed by atoms with van der Waals surface area (Å²) in [7, 11) is 1.72. The highest BCUT2D eigenvalue weighted by Gasteiger charge is 2.35. The first kappa shape index (κ1) is 13.4. The van der Waals surface area contributed by atoms with Gasteiger partial charge in [-0.1, -0.05) is 26.0 Å². The molecule has 0 bridgehead atoms. The van der Waals surface area contributed by atoms with Crippen LogP contribution in [0.1, 0.15) is 37.0 Å². The topological polar surface area (TPSA) is 29.5 Å². The van der Waals surface area contributed by atoms with Crippen LogP contribution in [0.2, 0.25) is 0 Å². The van der Waals surface area contributed by atoms with Gasteiger partial charge in [-0.3, -0.25) is 0 Å². The van der Waals surface area contributed by atoms with Crippen LogP contribution in [-0.2, 0) is 11.8 Å². The molecule has 3 rings (SSSR count). The van der Waals surface area contributed by atoms with E-state index in [1.54, 1.807) is 7.11 Å². The zero-order valence-corrected chi connectivity index (χ0v) is 12.7. The molecule has 1 N–H and O–H groups in total. The van der Waals surface area contributed by atoms with E-state index in [0.29, 0.717) is 0 Å². The third-order valence-corrected chi connectivity index (χ3v) is 4.84. The van der Waals surface area contributed by atoms with Gasteiger partial charge in [-0.25, -0.2) is 0 Å². The Labute approximate surface area is 120 Å². The van der Waals surface area contributed by atoms with Gasteiger partial charge in [0, 0.05) is 5.41 Å². The Morgan fingerprint density at radius 2 is 2.00 bits per heavy atom. The van der Waals surface area contributed by atoms with Crippen LogP contribution in [0.3, 0.4) is 0 Å². The number of fused-ring (bicyclic) bond motifs is 3. The Morgan fingerprint density at radius 3 is 2.70 bits per heavy atom. The van der Waals surface area contributed by atoms with Crippen molar-refractivity contribution in [2.24, 2.45) is 0 Å². The number of aliphatic hydroxyl groups is 1. The quantitative estimate of drug-likeness (QED) is 0.855. The van der Waals surface area contributed by atoms with E-state index in [9.17, 15) is 5.11 Å². The molecule has 20 heavy (non-hydrogen) atoms. The summed E-state index contributed by atoms with van der Waals surface area (Å²) in [6, 6.07) is 8.69. The number of benzene rings is 2. The molecule has 2 heteroatoms. The lowest BCUT2D eigenvalue weighted by atomic mass is 9.69. The van der Waals surface area contributed by atoms with Gasteiger partial charge in [-0.2, -0.15) is 0 Å². The Morgan fingerprint density at radius 1 is 1.25 bits per heavy atom. The van der Waals surface area contributed by atoms with Gasteiger partial charge in [0.15, 0.2) is 0 Å². The summed E-state index contributed by atoms with van der Waals surface area (Å²) in [5.74, 6) is 0.940. The second-order valence-electron chi connectivity index (χ2n) is 6.41. The van der Waals surface area contributed by atoms with Crippen LogP contribution in [0.5, 0.6) is 5.75 Å². The van der Waals surface area contributed by atoms with Gasteiger partial charge >= 0.3 is 0 Å². The average Bonchev–Trinajstić information content (AvgIpc) is 2.41. The Balaban J connectivity index is 2.31. The van der Waals surface area contributed by atoms with Crippen LogP contribution in [-0.4, -0.2) is 18.3 Å². The van der Waals surface area contributed by atoms with Crippen molar-refractivity contribution in [3.05, 3.63) is 41.0 Å². The summed E-state index contributed by atoms with van der Waals surface area (Å²) >= 11 is 0. The first-order valence-corrected chi connectivity index (χ1v) is 7.24. The molecule has 2 aromatic rings. The first-order chi connectivity index (χ1) is 9.45. The van der Waals surface area contributed by atoms with Crippen LogP contribution in [0, 0.1) is 6.92 Å². The summed E-state index contributed by atoms with van der Waals surface area (Å²) in [4.78, 5) is 0. The molecule has 0 saturated carbocycles. The van der Waals surface area contributed by atoms with Gasteiger partial charge in [0.2, 0.25) is 0 Å². The molecule has 0 amide bonds. The van der Waals surface area contributed by atoms with Gasteiger partial charge in [-0.15, -0.1) is 0 Å². The lowest BCUT2D eigenvalue weighted by molar-refractivity contribution is 0.0834. The van der Waals surface area contributed by atoms with Crippen LogP contribution < -0.4 is 4.74 Å². The molecule has 1 atom stereocenters. The molecular weight excluding hydrogens is 248 g/mol. The van der Waals surface area contributed by atoms with E-state index >= 15 is 0 Å². The number of hydrogen-bond donors (Lipinski definition) is 1. The molecule has 2 nitrogen and oxygen atoms in total. The van der Waals surface area contributed by atoms with E-state index in [4.69, 9.17) is 4.74 Å². The van der Waals surface area contributed by atoms with Crippen molar-refractivity contribution in [1.29, 1.82) is 0 Å². The maximum absolute atomic E-state index is 10.3. The highest BCUT2D eigenvalue weighted by atomic mass is 16.5. The number of aliphatic hydroxyl groups excluding tert-OH is 1. The van der Waals surface area contributed by atoms with Gasteiger partial charge in [0.05, 0.1) is 13.2 Å². The Kier molecular flexibility index (Phi) is 3.02. The van der Waals surface area contributed by atoms with Gasteiger partial charge < -0.3 is 9.84 Å². The van der Waals surface area contributed by atoms with E-state index in [2.05, 4.69) is 45.0 Å². The summed E-state index contributed by atoms with van der Waals surface area (Å²) in [6.07, 6.45) is 1.50. The molecular formula is C18H22O2. The molecule has 0 heterocycles. The zero-order valence-electron chi connectivity index (χ0n) is 12.7. The van der Waals surface area contributed by atoms with E-state index in [-0.39, 0.29) is 11.5 Å². The van der Waals surface area contributed by atoms with Crippen LogP contribution in [0.15, 0.2) is 24.3 Å². The second kappa shape index (κ2) is 4.49. The first-order valence-electron chi connectivity index (χ1n) is 7.24. The van der Waals surface area contributed by atoms with Crippen molar-refractivity contribution < 1.29 is 9.84 Å². The maximum atomic E-state index is 10.3. The van der Waals surface area contributed by atoms with Crippen molar-refractivity contribution in [2.75, 3.05) is 7.11 Å². The minimum atomic E-state index is -0.264. The van der Waals surface area contributed by atoms with Crippen LogP contribution in [0.25, 0.3) is 10.8 Å². The molecule has 0 radical (unpaired) electrons. The number of hydrogen-bond acceptors (Lipinski definition) is 2. The van der Waals surface area contributed by atoms with E-state index in [1.165, 1.54) is 21.9 Å². The number of methoxy groups -OCH3 is 1. The fraction of sp³-hybridized carbons (Fsp3) is 0.444. The molecule has 106 valence electrons. The summed E-state index contributed by atoms with van der Waals surface area (Å²) in [5.41, 5.74) is 3.63. The lowest BCUT2D eigenvalue weighted by Gasteiger charge is -2.38. The maximum Gasteiger partial charge on any atom is 0.122 e. The van der Waals surface area contributed by atoms with E-state index in [0.717, 1.165) is 24.2 Å². The monoisotopic (exact) mass is 270 g/mol. The normalized spacial score (nSPS) is 20.8. The molecule has 0 spiro atoms. The summed E-state index contributed by atoms with van der Waals surface area (Å²) < 4.78 is 5.47. The summed E-state index contributed by atoms with van der Waals surface area (Å²) in [5, 5.41) is 12.8. The molecule has 0 aromatic heterocycles. The molecule has 1 aliphatic rings. The molecule has 0 saturated heterocycles. The van der Waals surface area contributed by atoms with Crippen LogP contribution in [0.4, 0.5) is 0 Å². The third kappa shape index (κ3) is 1.82. The number of rotatable bonds is 1. The lowest BCUT2D eigenvalue weighted by Crippen LogP contribution is -2.38. The van der Waals surface area contributed by atoms with Gasteiger partial charge in [-0.05, 0) is 59.4 Å². The number of ether oxygens (including phenoxy) is 1. The number of aryl methyl sites for hydroxylation is 2.